The Bertz CT molecular complexity index is 959. The van der Waals surface area contributed by atoms with E-state index < -0.39 is 0 Å². The van der Waals surface area contributed by atoms with E-state index in [0.717, 1.165) is 21.9 Å². The smallest absolute Gasteiger partial charge is 0.252 e. The molecular weight excluding hydrogens is 403 g/mol. The molecule has 0 saturated carbocycles. The number of aromatic nitrogens is 1. The lowest BCUT2D eigenvalue weighted by molar-refractivity contribution is 0.0937. The van der Waals surface area contributed by atoms with E-state index in [1.807, 2.05) is 50.2 Å². The number of halogens is 2. The molecule has 1 aromatic heterocycles. The lowest BCUT2D eigenvalue weighted by Gasteiger charge is -2.16. The number of hydrogen-bond donors (Lipinski definition) is 1. The minimum Gasteiger partial charge on any atom is -0.360 e. The van der Waals surface area contributed by atoms with Crippen LogP contribution in [-0.4, -0.2) is 11.1 Å². The third-order valence-corrected chi connectivity index (χ3v) is 5.80. The van der Waals surface area contributed by atoms with Gasteiger partial charge in [0, 0.05) is 11.0 Å². The van der Waals surface area contributed by atoms with Crippen LogP contribution in [0.25, 0.3) is 0 Å². The van der Waals surface area contributed by atoms with Gasteiger partial charge in [0.25, 0.3) is 5.91 Å². The van der Waals surface area contributed by atoms with Gasteiger partial charge in [-0.2, -0.15) is 0 Å². The first-order chi connectivity index (χ1) is 12.9. The predicted molar refractivity (Wildman–Crippen MR) is 110 cm³/mol. The van der Waals surface area contributed by atoms with Gasteiger partial charge >= 0.3 is 0 Å². The third kappa shape index (κ3) is 5.06. The second-order valence-electron chi connectivity index (χ2n) is 6.09. The third-order valence-electron chi connectivity index (χ3n) is 3.97. The molecule has 3 aromatic rings. The summed E-state index contributed by atoms with van der Waals surface area (Å²) >= 11 is 13.6. The minimum atomic E-state index is -0.206. The average Bonchev–Trinajstić information content (AvgIpc) is 3.07. The van der Waals surface area contributed by atoms with E-state index in [9.17, 15) is 4.79 Å². The van der Waals surface area contributed by atoms with E-state index in [0.29, 0.717) is 21.4 Å². The number of carbonyl (C=O) groups is 1. The number of thioether (sulfide) groups is 1. The summed E-state index contributed by atoms with van der Waals surface area (Å²) in [5.74, 6) is 1.23. The van der Waals surface area contributed by atoms with E-state index in [4.69, 9.17) is 27.7 Å². The number of rotatable bonds is 6. The van der Waals surface area contributed by atoms with Gasteiger partial charge in [0.2, 0.25) is 0 Å². The molecule has 0 spiro atoms. The largest absolute Gasteiger partial charge is 0.360 e. The lowest BCUT2D eigenvalue weighted by Crippen LogP contribution is -2.27. The predicted octanol–water partition coefficient (Wildman–Crippen LogP) is 6.07. The molecule has 0 bridgehead atoms. The number of aryl methyl sites for hydroxylation is 1. The molecule has 3 rings (SSSR count). The van der Waals surface area contributed by atoms with E-state index in [-0.39, 0.29) is 11.9 Å². The van der Waals surface area contributed by atoms with Gasteiger partial charge in [0.1, 0.15) is 5.76 Å². The van der Waals surface area contributed by atoms with Crippen LogP contribution in [0.4, 0.5) is 0 Å². The van der Waals surface area contributed by atoms with E-state index in [1.165, 1.54) is 11.8 Å². The SMILES string of the molecule is Cc1cc(CSc2ccccc2C(=O)NC(C)c2ccc(Cl)c(Cl)c2)on1. The fourth-order valence-corrected chi connectivity index (χ4v) is 3.78. The molecule has 1 unspecified atom stereocenters. The zero-order valence-corrected chi connectivity index (χ0v) is 17.2. The number of amides is 1. The van der Waals surface area contributed by atoms with Crippen LogP contribution in [0.2, 0.25) is 10.0 Å². The van der Waals surface area contributed by atoms with Crippen LogP contribution in [0.15, 0.2) is 57.9 Å². The summed E-state index contributed by atoms with van der Waals surface area (Å²) in [6, 6.07) is 14.5. The summed E-state index contributed by atoms with van der Waals surface area (Å²) in [7, 11) is 0. The number of nitrogens with zero attached hydrogens (tertiary/aromatic N) is 1. The van der Waals surface area contributed by atoms with Crippen LogP contribution >= 0.6 is 35.0 Å². The monoisotopic (exact) mass is 420 g/mol. The number of benzene rings is 2. The number of carbonyl (C=O) groups excluding carboxylic acids is 1. The Morgan fingerprint density at radius 1 is 1.19 bits per heavy atom. The van der Waals surface area contributed by atoms with Crippen molar-refractivity contribution in [3.05, 3.63) is 81.2 Å². The molecule has 0 radical (unpaired) electrons. The molecule has 4 nitrogen and oxygen atoms in total. The van der Waals surface area contributed by atoms with E-state index >= 15 is 0 Å². The molecule has 0 aliphatic carbocycles. The first kappa shape index (κ1) is 19.8. The van der Waals surface area contributed by atoms with E-state index in [2.05, 4.69) is 10.5 Å². The van der Waals surface area contributed by atoms with Crippen molar-refractivity contribution in [3.63, 3.8) is 0 Å². The summed E-state index contributed by atoms with van der Waals surface area (Å²) < 4.78 is 5.23. The Morgan fingerprint density at radius 3 is 2.67 bits per heavy atom. The van der Waals surface area contributed by atoms with Crippen LogP contribution in [-0.2, 0) is 5.75 Å². The second kappa shape index (κ2) is 8.83. The van der Waals surface area contributed by atoms with E-state index in [1.54, 1.807) is 12.1 Å². The van der Waals surface area contributed by atoms with Crippen molar-refractivity contribution in [3.8, 4) is 0 Å². The Balaban J connectivity index is 1.71. The summed E-state index contributed by atoms with van der Waals surface area (Å²) in [5.41, 5.74) is 2.35. The Morgan fingerprint density at radius 2 is 1.96 bits per heavy atom. The molecule has 1 atom stereocenters. The maximum absolute atomic E-state index is 12.8. The molecule has 1 N–H and O–H groups in total. The van der Waals surface area contributed by atoms with Gasteiger partial charge in [-0.05, 0) is 43.7 Å². The minimum absolute atomic E-state index is 0.148. The molecule has 0 saturated heterocycles. The first-order valence-electron chi connectivity index (χ1n) is 8.34. The molecule has 1 heterocycles. The highest BCUT2D eigenvalue weighted by Crippen LogP contribution is 2.28. The van der Waals surface area contributed by atoms with Crippen LogP contribution in [0.3, 0.4) is 0 Å². The van der Waals surface area contributed by atoms with Crippen LogP contribution in [0.1, 0.15) is 40.3 Å². The lowest BCUT2D eigenvalue weighted by atomic mass is 10.1. The number of hydrogen-bond acceptors (Lipinski definition) is 4. The summed E-state index contributed by atoms with van der Waals surface area (Å²) in [6.45, 7) is 3.79. The zero-order valence-electron chi connectivity index (χ0n) is 14.8. The molecule has 2 aromatic carbocycles. The Hall–Kier alpha value is -1.95. The summed E-state index contributed by atoms with van der Waals surface area (Å²) in [6.07, 6.45) is 0. The highest BCUT2D eigenvalue weighted by Gasteiger charge is 2.16. The van der Waals surface area contributed by atoms with Gasteiger partial charge in [0.15, 0.2) is 0 Å². The quantitative estimate of drug-likeness (QED) is 0.491. The van der Waals surface area contributed by atoms with Crippen molar-refractivity contribution < 1.29 is 9.32 Å². The van der Waals surface area contributed by atoms with Crippen LogP contribution < -0.4 is 5.32 Å². The van der Waals surface area contributed by atoms with Gasteiger partial charge < -0.3 is 9.84 Å². The van der Waals surface area contributed by atoms with Gasteiger partial charge in [-0.15, -0.1) is 11.8 Å². The summed E-state index contributed by atoms with van der Waals surface area (Å²) in [4.78, 5) is 13.7. The van der Waals surface area contributed by atoms with Gasteiger partial charge in [-0.1, -0.05) is 46.6 Å². The molecule has 1 amide bonds. The average molecular weight is 421 g/mol. The fraction of sp³-hybridized carbons (Fsp3) is 0.200. The van der Waals surface area contributed by atoms with Crippen molar-refractivity contribution in [2.75, 3.05) is 0 Å². The van der Waals surface area contributed by atoms with Gasteiger partial charge in [0.05, 0.1) is 33.1 Å². The van der Waals surface area contributed by atoms with Crippen molar-refractivity contribution in [1.82, 2.24) is 10.5 Å². The van der Waals surface area contributed by atoms with Crippen molar-refractivity contribution in [2.24, 2.45) is 0 Å². The highest BCUT2D eigenvalue weighted by molar-refractivity contribution is 7.98. The molecule has 140 valence electrons. The molecular formula is C20H18Cl2N2O2S. The van der Waals surface area contributed by atoms with Crippen molar-refractivity contribution in [2.45, 2.75) is 30.5 Å². The maximum atomic E-state index is 12.8. The van der Waals surface area contributed by atoms with Gasteiger partial charge in [-0.25, -0.2) is 0 Å². The van der Waals surface area contributed by atoms with Gasteiger partial charge in [-0.3, -0.25) is 4.79 Å². The molecule has 0 fully saturated rings. The Kier molecular flexibility index (Phi) is 6.47. The van der Waals surface area contributed by atoms with Crippen molar-refractivity contribution >= 4 is 40.9 Å². The standard InChI is InChI=1S/C20H18Cl2N2O2S/c1-12-9-15(26-24-12)11-27-19-6-4-3-5-16(19)20(25)23-13(2)14-7-8-17(21)18(22)10-14/h3-10,13H,11H2,1-2H3,(H,23,25). The summed E-state index contributed by atoms with van der Waals surface area (Å²) in [5, 5.41) is 7.85. The first-order valence-corrected chi connectivity index (χ1v) is 10.1. The van der Waals surface area contributed by atoms with Crippen LogP contribution in [0, 0.1) is 6.92 Å². The highest BCUT2D eigenvalue weighted by atomic mass is 35.5. The number of nitrogens with one attached hydrogen (secondary N) is 1. The van der Waals surface area contributed by atoms with Crippen LogP contribution in [0.5, 0.6) is 0 Å². The normalized spacial score (nSPS) is 12.0. The fourth-order valence-electron chi connectivity index (χ4n) is 2.55. The molecule has 7 heteroatoms. The van der Waals surface area contributed by atoms with Crippen molar-refractivity contribution in [1.29, 1.82) is 0 Å². The second-order valence-corrected chi connectivity index (χ2v) is 7.92. The molecule has 0 aliphatic heterocycles. The Labute approximate surface area is 172 Å². The zero-order chi connectivity index (χ0) is 19.4. The topological polar surface area (TPSA) is 55.1 Å². The molecule has 27 heavy (non-hydrogen) atoms. The maximum Gasteiger partial charge on any atom is 0.252 e. The molecule has 0 aliphatic rings.